The number of nitrogens with one attached hydrogen (secondary N) is 1. The Balaban J connectivity index is 1.74. The number of aromatic nitrogens is 2. The first-order chi connectivity index (χ1) is 16.5. The predicted octanol–water partition coefficient (Wildman–Crippen LogP) is 3.89. The number of ether oxygens (including phenoxy) is 2. The van der Waals surface area contributed by atoms with E-state index in [0.29, 0.717) is 29.0 Å². The number of amides is 2. The zero-order valence-corrected chi connectivity index (χ0v) is 21.6. The van der Waals surface area contributed by atoms with Gasteiger partial charge in [0.15, 0.2) is 5.82 Å². The summed E-state index contributed by atoms with van der Waals surface area (Å²) in [7, 11) is 0. The van der Waals surface area contributed by atoms with Crippen molar-refractivity contribution in [1.29, 1.82) is 0 Å². The highest BCUT2D eigenvalue weighted by molar-refractivity contribution is 6.42. The lowest BCUT2D eigenvalue weighted by atomic mass is 10.1. The van der Waals surface area contributed by atoms with Crippen molar-refractivity contribution >= 4 is 40.8 Å². The third-order valence-electron chi connectivity index (χ3n) is 5.18. The molecule has 0 spiro atoms. The third-order valence-corrected chi connectivity index (χ3v) is 5.98. The average molecular weight is 525 g/mol. The molecule has 1 aromatic carbocycles. The second-order valence-electron chi connectivity index (χ2n) is 8.95. The maximum Gasteiger partial charge on any atom is 0.251 e. The van der Waals surface area contributed by atoms with Gasteiger partial charge in [0.1, 0.15) is 22.6 Å². The summed E-state index contributed by atoms with van der Waals surface area (Å²) < 4.78 is 13.0. The first-order valence-corrected chi connectivity index (χ1v) is 12.0. The number of hydrogen-bond acceptors (Lipinski definition) is 6. The molecule has 0 radical (unpaired) electrons. The minimum atomic E-state index is -0.960. The van der Waals surface area contributed by atoms with E-state index in [0.717, 1.165) is 0 Å². The minimum Gasteiger partial charge on any atom is -0.458 e. The van der Waals surface area contributed by atoms with Gasteiger partial charge < -0.3 is 24.8 Å². The van der Waals surface area contributed by atoms with Gasteiger partial charge in [-0.2, -0.15) is 5.10 Å². The molecular weight excluding hydrogens is 495 g/mol. The molecule has 3 rings (SSSR count). The normalized spacial score (nSPS) is 15.7. The van der Waals surface area contributed by atoms with E-state index in [1.807, 2.05) is 13.8 Å². The molecule has 2 N–H and O–H groups in total. The molecule has 2 aromatic rings. The molecule has 0 saturated carbocycles. The molecule has 0 unspecified atom stereocenters. The predicted molar refractivity (Wildman–Crippen MR) is 134 cm³/mol. The zero-order valence-electron chi connectivity index (χ0n) is 20.1. The minimum absolute atomic E-state index is 0.0751. The molecule has 11 heteroatoms. The van der Waals surface area contributed by atoms with E-state index in [-0.39, 0.29) is 36.5 Å². The smallest absolute Gasteiger partial charge is 0.251 e. The summed E-state index contributed by atoms with van der Waals surface area (Å²) in [6.45, 7) is 7.86. The maximum absolute atomic E-state index is 13.3. The van der Waals surface area contributed by atoms with E-state index in [9.17, 15) is 14.7 Å². The highest BCUT2D eigenvalue weighted by atomic mass is 35.5. The number of carbonyl (C=O) groups excluding carboxylic acids is 2. The van der Waals surface area contributed by atoms with E-state index < -0.39 is 17.6 Å². The third kappa shape index (κ3) is 7.44. The number of nitrogens with zero attached hydrogens (tertiary/aromatic N) is 3. The number of carbonyl (C=O) groups is 2. The Morgan fingerprint density at radius 3 is 2.74 bits per heavy atom. The molecule has 190 valence electrons. The van der Waals surface area contributed by atoms with Gasteiger partial charge in [0.2, 0.25) is 5.91 Å². The van der Waals surface area contributed by atoms with Crippen molar-refractivity contribution in [2.45, 2.75) is 58.4 Å². The molecule has 1 aliphatic heterocycles. The summed E-state index contributed by atoms with van der Waals surface area (Å²) in [6, 6.07) is 5.77. The van der Waals surface area contributed by atoms with Crippen molar-refractivity contribution in [1.82, 2.24) is 14.7 Å². The zero-order chi connectivity index (χ0) is 25.8. The van der Waals surface area contributed by atoms with Crippen LogP contribution in [-0.2, 0) is 20.9 Å². The Hall–Kier alpha value is -2.59. The Bertz CT molecular complexity index is 1100. The number of anilines is 1. The van der Waals surface area contributed by atoms with Crippen LogP contribution in [0.1, 0.15) is 34.1 Å². The van der Waals surface area contributed by atoms with Gasteiger partial charge in [0.05, 0.1) is 29.8 Å². The molecule has 1 aromatic heterocycles. The highest BCUT2D eigenvalue weighted by Crippen LogP contribution is 2.33. The number of aliphatic hydroxyl groups is 1. The summed E-state index contributed by atoms with van der Waals surface area (Å²) >= 11 is 12.3. The van der Waals surface area contributed by atoms with Gasteiger partial charge in [-0.3, -0.25) is 14.3 Å². The van der Waals surface area contributed by atoms with Crippen LogP contribution < -0.4 is 10.1 Å². The Morgan fingerprint density at radius 1 is 1.31 bits per heavy atom. The monoisotopic (exact) mass is 524 g/mol. The SMILES string of the molecule is CCO[C@@H](C)C[C@@H](C(=O)Nc1ccn(CC(C)(C)O)n1)N1CC(Oc2cccc(Cl)c2Cl)=CC1=O. The van der Waals surface area contributed by atoms with Crippen LogP contribution in [0.2, 0.25) is 10.0 Å². The van der Waals surface area contributed by atoms with Crippen molar-refractivity contribution in [2.24, 2.45) is 0 Å². The molecule has 9 nitrogen and oxygen atoms in total. The molecule has 0 aliphatic carbocycles. The molecule has 2 amide bonds. The second kappa shape index (κ2) is 11.4. The Kier molecular flexibility index (Phi) is 8.82. The fourth-order valence-corrected chi connectivity index (χ4v) is 4.04. The molecule has 0 bridgehead atoms. The van der Waals surface area contributed by atoms with Crippen molar-refractivity contribution < 1.29 is 24.2 Å². The van der Waals surface area contributed by atoms with Gasteiger partial charge in [-0.15, -0.1) is 0 Å². The van der Waals surface area contributed by atoms with E-state index in [4.69, 9.17) is 32.7 Å². The molecule has 2 heterocycles. The highest BCUT2D eigenvalue weighted by Gasteiger charge is 2.36. The van der Waals surface area contributed by atoms with Gasteiger partial charge in [0, 0.05) is 31.4 Å². The van der Waals surface area contributed by atoms with Crippen LogP contribution in [0.4, 0.5) is 5.82 Å². The van der Waals surface area contributed by atoms with Crippen LogP contribution in [0.5, 0.6) is 5.75 Å². The van der Waals surface area contributed by atoms with Gasteiger partial charge in [0.25, 0.3) is 5.91 Å². The molecule has 0 saturated heterocycles. The van der Waals surface area contributed by atoms with E-state index in [1.54, 1.807) is 44.3 Å². The number of halogens is 2. The summed E-state index contributed by atoms with van der Waals surface area (Å²) in [5.74, 6) is 0.204. The van der Waals surface area contributed by atoms with E-state index in [2.05, 4.69) is 10.4 Å². The van der Waals surface area contributed by atoms with Crippen molar-refractivity contribution in [2.75, 3.05) is 18.5 Å². The standard InChI is InChI=1S/C24H30Cl2N4O5/c1-5-34-15(2)11-18(23(32)27-20-9-10-29(28-20)14-24(3,4)33)30-13-16(12-21(30)31)35-19-8-6-7-17(25)22(19)26/h6-10,12,15,18,33H,5,11,13-14H2,1-4H3,(H,27,28,32)/t15-,18-/m0/s1. The van der Waals surface area contributed by atoms with Gasteiger partial charge in [-0.05, 0) is 39.8 Å². The number of hydrogen-bond donors (Lipinski definition) is 2. The van der Waals surface area contributed by atoms with Crippen LogP contribution in [0, 0.1) is 0 Å². The second-order valence-corrected chi connectivity index (χ2v) is 9.73. The van der Waals surface area contributed by atoms with Crippen LogP contribution >= 0.6 is 23.2 Å². The summed E-state index contributed by atoms with van der Waals surface area (Å²) in [4.78, 5) is 27.6. The van der Waals surface area contributed by atoms with Crippen LogP contribution in [-0.4, -0.2) is 62.5 Å². The van der Waals surface area contributed by atoms with Crippen molar-refractivity contribution in [3.8, 4) is 5.75 Å². The molecular formula is C24H30Cl2N4O5. The van der Waals surface area contributed by atoms with Gasteiger partial charge >= 0.3 is 0 Å². The van der Waals surface area contributed by atoms with Crippen molar-refractivity contribution in [3.05, 3.63) is 52.3 Å². The van der Waals surface area contributed by atoms with E-state index >= 15 is 0 Å². The molecule has 35 heavy (non-hydrogen) atoms. The number of rotatable bonds is 11. The van der Waals surface area contributed by atoms with Crippen LogP contribution in [0.25, 0.3) is 0 Å². The Labute approximate surface area is 214 Å². The summed E-state index contributed by atoms with van der Waals surface area (Å²) in [5, 5.41) is 17.6. The largest absolute Gasteiger partial charge is 0.458 e. The van der Waals surface area contributed by atoms with Crippen molar-refractivity contribution in [3.63, 3.8) is 0 Å². The lowest BCUT2D eigenvalue weighted by Gasteiger charge is -2.29. The quantitative estimate of drug-likeness (QED) is 0.461. The van der Waals surface area contributed by atoms with Gasteiger partial charge in [-0.25, -0.2) is 0 Å². The fraction of sp³-hybridized carbons (Fsp3) is 0.458. The summed E-state index contributed by atoms with van der Waals surface area (Å²) in [5.41, 5.74) is -0.960. The lowest BCUT2D eigenvalue weighted by molar-refractivity contribution is -0.134. The van der Waals surface area contributed by atoms with E-state index in [1.165, 1.54) is 15.7 Å². The van der Waals surface area contributed by atoms with Gasteiger partial charge in [-0.1, -0.05) is 29.3 Å². The molecule has 0 fully saturated rings. The van der Waals surface area contributed by atoms with Crippen LogP contribution in [0.3, 0.4) is 0 Å². The molecule has 1 aliphatic rings. The maximum atomic E-state index is 13.3. The number of benzene rings is 1. The first-order valence-electron chi connectivity index (χ1n) is 11.3. The fourth-order valence-electron chi connectivity index (χ4n) is 3.71. The first kappa shape index (κ1) is 27.0. The topological polar surface area (TPSA) is 106 Å². The summed E-state index contributed by atoms with van der Waals surface area (Å²) in [6.07, 6.45) is 2.99. The average Bonchev–Trinajstić information content (AvgIpc) is 3.34. The molecule has 2 atom stereocenters. The Morgan fingerprint density at radius 2 is 2.06 bits per heavy atom. The van der Waals surface area contributed by atoms with Crippen LogP contribution in [0.15, 0.2) is 42.3 Å². The lowest BCUT2D eigenvalue weighted by Crippen LogP contribution is -2.47.